The monoisotopic (exact) mass is 330 g/mol. The number of nitrogens with one attached hydrogen (secondary N) is 1. The van der Waals surface area contributed by atoms with E-state index >= 15 is 0 Å². The number of nitrogens with zero attached hydrogens (tertiary/aromatic N) is 1. The van der Waals surface area contributed by atoms with Crippen LogP contribution in [0.1, 0.15) is 11.7 Å². The summed E-state index contributed by atoms with van der Waals surface area (Å²) in [6, 6.07) is 5.74. The van der Waals surface area contributed by atoms with E-state index in [-0.39, 0.29) is 30.2 Å². The van der Waals surface area contributed by atoms with Crippen LogP contribution < -0.4 is 5.32 Å². The predicted octanol–water partition coefficient (Wildman–Crippen LogP) is 0.953. The number of benzene rings is 1. The largest absolute Gasteiger partial charge is 0.370 e. The molecule has 22 heavy (non-hydrogen) atoms. The van der Waals surface area contributed by atoms with E-state index in [1.165, 1.54) is 12.1 Å². The Balaban J connectivity index is 1.91. The summed E-state index contributed by atoms with van der Waals surface area (Å²) < 4.78 is 40.9. The van der Waals surface area contributed by atoms with Crippen molar-refractivity contribution in [1.82, 2.24) is 10.2 Å². The first-order chi connectivity index (χ1) is 10.3. The number of urea groups is 1. The van der Waals surface area contributed by atoms with Gasteiger partial charge in [0.1, 0.15) is 21.8 Å². The maximum atomic E-state index is 13.3. The molecule has 0 unspecified atom stereocenters. The molecule has 1 fully saturated rings. The lowest BCUT2D eigenvalue weighted by Crippen LogP contribution is -2.48. The van der Waals surface area contributed by atoms with Gasteiger partial charge in [-0.2, -0.15) is 0 Å². The van der Waals surface area contributed by atoms with Crippen LogP contribution in [0.4, 0.5) is 9.18 Å². The predicted molar refractivity (Wildman–Crippen MR) is 79.8 cm³/mol. The summed E-state index contributed by atoms with van der Waals surface area (Å²) in [4.78, 5) is 13.6. The molecule has 0 radical (unpaired) electrons. The van der Waals surface area contributed by atoms with Crippen molar-refractivity contribution in [3.63, 3.8) is 0 Å². The Labute approximate surface area is 129 Å². The molecule has 1 aliphatic rings. The van der Waals surface area contributed by atoms with Gasteiger partial charge in [-0.15, -0.1) is 0 Å². The van der Waals surface area contributed by atoms with Crippen LogP contribution in [0.2, 0.25) is 0 Å². The Morgan fingerprint density at radius 2 is 2.27 bits per heavy atom. The van der Waals surface area contributed by atoms with Crippen LogP contribution in [0.3, 0.4) is 0 Å². The maximum Gasteiger partial charge on any atom is 0.317 e. The second-order valence-electron chi connectivity index (χ2n) is 5.22. The van der Waals surface area contributed by atoms with Crippen molar-refractivity contribution in [2.75, 3.05) is 38.2 Å². The molecule has 1 N–H and O–H groups in total. The zero-order chi connectivity index (χ0) is 16.2. The third-order valence-corrected chi connectivity index (χ3v) is 4.27. The number of carbonyl (C=O) groups excluding carboxylic acids is 1. The van der Waals surface area contributed by atoms with Crippen LogP contribution in [0.25, 0.3) is 0 Å². The van der Waals surface area contributed by atoms with Gasteiger partial charge in [0, 0.05) is 19.3 Å². The Hall–Kier alpha value is -1.67. The van der Waals surface area contributed by atoms with Crippen molar-refractivity contribution in [3.05, 3.63) is 35.6 Å². The van der Waals surface area contributed by atoms with Crippen molar-refractivity contribution < 1.29 is 22.3 Å². The van der Waals surface area contributed by atoms with Gasteiger partial charge in [0.25, 0.3) is 0 Å². The molecule has 1 saturated heterocycles. The Bertz CT molecular complexity index is 635. The summed E-state index contributed by atoms with van der Waals surface area (Å²) in [6.45, 7) is 1.13. The number of sulfone groups is 1. The number of halogens is 1. The molecule has 0 saturated carbocycles. The minimum Gasteiger partial charge on any atom is -0.370 e. The number of carbonyl (C=O) groups is 1. The van der Waals surface area contributed by atoms with Crippen molar-refractivity contribution >= 4 is 15.9 Å². The van der Waals surface area contributed by atoms with Gasteiger partial charge in [0.15, 0.2) is 0 Å². The smallest absolute Gasteiger partial charge is 0.317 e. The third-order valence-electron chi connectivity index (χ3n) is 3.32. The molecule has 122 valence electrons. The van der Waals surface area contributed by atoms with E-state index in [1.54, 1.807) is 17.0 Å². The van der Waals surface area contributed by atoms with Gasteiger partial charge in [0.05, 0.1) is 18.9 Å². The van der Waals surface area contributed by atoms with E-state index < -0.39 is 9.84 Å². The fourth-order valence-electron chi connectivity index (χ4n) is 2.20. The highest BCUT2D eigenvalue weighted by atomic mass is 32.2. The number of hydrogen-bond acceptors (Lipinski definition) is 4. The van der Waals surface area contributed by atoms with Crippen LogP contribution in [0.15, 0.2) is 24.3 Å². The summed E-state index contributed by atoms with van der Waals surface area (Å²) in [5, 5.41) is 2.57. The van der Waals surface area contributed by atoms with E-state index in [2.05, 4.69) is 5.32 Å². The standard InChI is InChI=1S/C14H19FN2O4S/c1-22(19,20)8-5-16-14(18)17-6-7-21-13(10-17)11-3-2-4-12(15)9-11/h2-4,9,13H,5-8,10H2,1H3,(H,16,18)/t13-/m1/s1. The lowest BCUT2D eigenvalue weighted by molar-refractivity contribution is -0.0154. The van der Waals surface area contributed by atoms with E-state index in [9.17, 15) is 17.6 Å². The molecule has 0 aromatic heterocycles. The molecule has 1 aliphatic heterocycles. The average molecular weight is 330 g/mol. The summed E-state index contributed by atoms with van der Waals surface area (Å²) >= 11 is 0. The molecular formula is C14H19FN2O4S. The summed E-state index contributed by atoms with van der Waals surface area (Å²) in [7, 11) is -3.11. The fourth-order valence-corrected chi connectivity index (χ4v) is 2.67. The van der Waals surface area contributed by atoms with E-state index in [4.69, 9.17) is 4.74 Å². The Morgan fingerprint density at radius 1 is 1.50 bits per heavy atom. The molecule has 6 nitrogen and oxygen atoms in total. The number of hydrogen-bond donors (Lipinski definition) is 1. The molecule has 2 rings (SSSR count). The molecule has 0 bridgehead atoms. The van der Waals surface area contributed by atoms with Crippen LogP contribution >= 0.6 is 0 Å². The van der Waals surface area contributed by atoms with Gasteiger partial charge in [-0.1, -0.05) is 12.1 Å². The SMILES string of the molecule is CS(=O)(=O)CCNC(=O)N1CCO[C@@H](c2cccc(F)c2)C1. The molecule has 0 spiro atoms. The third kappa shape index (κ3) is 4.96. The van der Waals surface area contributed by atoms with Gasteiger partial charge in [-0.25, -0.2) is 17.6 Å². The minimum absolute atomic E-state index is 0.0691. The zero-order valence-corrected chi connectivity index (χ0v) is 13.1. The van der Waals surface area contributed by atoms with Crippen molar-refractivity contribution in [2.45, 2.75) is 6.10 Å². The lowest BCUT2D eigenvalue weighted by atomic mass is 10.1. The maximum absolute atomic E-state index is 13.3. The van der Waals surface area contributed by atoms with Gasteiger partial charge in [-0.3, -0.25) is 0 Å². The number of ether oxygens (including phenoxy) is 1. The Morgan fingerprint density at radius 3 is 2.95 bits per heavy atom. The highest BCUT2D eigenvalue weighted by Gasteiger charge is 2.25. The van der Waals surface area contributed by atoms with E-state index in [1.807, 2.05) is 0 Å². The summed E-state index contributed by atoms with van der Waals surface area (Å²) in [5.41, 5.74) is 0.675. The quantitative estimate of drug-likeness (QED) is 0.892. The molecule has 2 amide bonds. The highest BCUT2D eigenvalue weighted by molar-refractivity contribution is 7.90. The number of rotatable bonds is 4. The van der Waals surface area contributed by atoms with Gasteiger partial charge < -0.3 is 15.0 Å². The van der Waals surface area contributed by atoms with Crippen molar-refractivity contribution in [2.24, 2.45) is 0 Å². The van der Waals surface area contributed by atoms with Crippen molar-refractivity contribution in [3.8, 4) is 0 Å². The topological polar surface area (TPSA) is 75.7 Å². The second kappa shape index (κ2) is 7.06. The average Bonchev–Trinajstić information content (AvgIpc) is 2.46. The zero-order valence-electron chi connectivity index (χ0n) is 12.3. The van der Waals surface area contributed by atoms with Crippen molar-refractivity contribution in [1.29, 1.82) is 0 Å². The molecule has 1 atom stereocenters. The summed E-state index contributed by atoms with van der Waals surface area (Å²) in [6.07, 6.45) is 0.735. The summed E-state index contributed by atoms with van der Waals surface area (Å²) in [5.74, 6) is -0.452. The van der Waals surface area contributed by atoms with Crippen LogP contribution in [0, 0.1) is 5.82 Å². The molecule has 1 aromatic carbocycles. The second-order valence-corrected chi connectivity index (χ2v) is 7.48. The molecular weight excluding hydrogens is 311 g/mol. The Kier molecular flexibility index (Phi) is 5.36. The van der Waals surface area contributed by atoms with E-state index in [0.29, 0.717) is 25.3 Å². The number of morpholine rings is 1. The first-order valence-electron chi connectivity index (χ1n) is 6.93. The lowest BCUT2D eigenvalue weighted by Gasteiger charge is -2.33. The number of amides is 2. The molecule has 1 aromatic rings. The van der Waals surface area contributed by atoms with Crippen LogP contribution in [-0.4, -0.2) is 57.6 Å². The van der Waals surface area contributed by atoms with Gasteiger partial charge >= 0.3 is 6.03 Å². The van der Waals surface area contributed by atoms with Crippen LogP contribution in [0.5, 0.6) is 0 Å². The fraction of sp³-hybridized carbons (Fsp3) is 0.500. The normalized spacial score (nSPS) is 19.0. The van der Waals surface area contributed by atoms with Gasteiger partial charge in [0.2, 0.25) is 0 Å². The van der Waals surface area contributed by atoms with Crippen LogP contribution in [-0.2, 0) is 14.6 Å². The highest BCUT2D eigenvalue weighted by Crippen LogP contribution is 2.22. The van der Waals surface area contributed by atoms with Gasteiger partial charge in [-0.05, 0) is 17.7 Å². The van der Waals surface area contributed by atoms with E-state index in [0.717, 1.165) is 6.26 Å². The molecule has 8 heteroatoms. The minimum atomic E-state index is -3.11. The first-order valence-corrected chi connectivity index (χ1v) is 8.99. The molecule has 0 aliphatic carbocycles. The first kappa shape index (κ1) is 16.7. The molecule has 1 heterocycles.